The summed E-state index contributed by atoms with van der Waals surface area (Å²) in [6, 6.07) is 1.32. The first kappa shape index (κ1) is 10.3. The molecule has 1 aromatic heterocycles. The summed E-state index contributed by atoms with van der Waals surface area (Å²) in [6.07, 6.45) is 0.134. The normalized spacial score (nSPS) is 18.8. The van der Waals surface area contributed by atoms with Crippen LogP contribution < -0.4 is 4.74 Å². The average molecular weight is 260 g/mol. The summed E-state index contributed by atoms with van der Waals surface area (Å²) in [5, 5.41) is 9.02. The minimum atomic E-state index is -0.444. The van der Waals surface area contributed by atoms with Crippen molar-refractivity contribution in [2.24, 2.45) is 0 Å². The van der Waals surface area contributed by atoms with E-state index < -0.39 is 5.82 Å². The monoisotopic (exact) mass is 259 g/mol. The molecular weight excluding hydrogens is 253 g/mol. The molecule has 6 heteroatoms. The van der Waals surface area contributed by atoms with Crippen molar-refractivity contribution >= 4 is 33.2 Å². The molecule has 3 rings (SSSR count). The van der Waals surface area contributed by atoms with E-state index in [1.807, 2.05) is 0 Å². The van der Waals surface area contributed by atoms with E-state index in [4.69, 9.17) is 21.4 Å². The first-order valence-corrected chi connectivity index (χ1v) is 5.93. The van der Waals surface area contributed by atoms with Crippen LogP contribution in [0.1, 0.15) is 5.56 Å². The zero-order chi connectivity index (χ0) is 11.3. The van der Waals surface area contributed by atoms with Crippen molar-refractivity contribution in [1.82, 2.24) is 4.98 Å². The third-order valence-electron chi connectivity index (χ3n) is 2.58. The number of hydrogen-bond acceptors (Lipinski definition) is 4. The topological polar surface area (TPSA) is 42.4 Å². The Hall–Kier alpha value is -0.910. The summed E-state index contributed by atoms with van der Waals surface area (Å²) in [5.41, 5.74) is 1.31. The Balaban J connectivity index is 2.26. The van der Waals surface area contributed by atoms with Crippen LogP contribution in [0.15, 0.2) is 6.07 Å². The zero-order valence-electron chi connectivity index (χ0n) is 8.04. The van der Waals surface area contributed by atoms with Gasteiger partial charge in [-0.05, 0) is 0 Å². The van der Waals surface area contributed by atoms with Gasteiger partial charge in [0.05, 0.1) is 16.8 Å². The minimum Gasteiger partial charge on any atom is -0.484 e. The predicted molar refractivity (Wildman–Crippen MR) is 59.8 cm³/mol. The molecule has 0 aliphatic carbocycles. The molecule has 0 saturated heterocycles. The number of aromatic nitrogens is 1. The number of thiazole rings is 1. The van der Waals surface area contributed by atoms with E-state index in [9.17, 15) is 4.39 Å². The second-order valence-corrected chi connectivity index (χ2v) is 5.19. The average Bonchev–Trinajstić information content (AvgIpc) is 2.80. The van der Waals surface area contributed by atoms with Crippen LogP contribution in [-0.2, 0) is 6.42 Å². The Bertz CT molecular complexity index is 571. The summed E-state index contributed by atoms with van der Waals surface area (Å²) in [4.78, 5) is 4.03. The van der Waals surface area contributed by atoms with E-state index in [-0.39, 0.29) is 18.5 Å². The largest absolute Gasteiger partial charge is 0.484 e. The molecule has 0 fully saturated rings. The molecule has 1 aliphatic rings. The fourth-order valence-electron chi connectivity index (χ4n) is 1.90. The van der Waals surface area contributed by atoms with Gasteiger partial charge in [-0.15, -0.1) is 11.3 Å². The standard InChI is InChI=1S/C10H7ClFNO2S/c11-10-13-7-2-6(12)8-5(9(7)16-10)1-4(3-14)15-8/h2,4,14H,1,3H2. The highest BCUT2D eigenvalue weighted by molar-refractivity contribution is 7.22. The second-order valence-electron chi connectivity index (χ2n) is 3.61. The summed E-state index contributed by atoms with van der Waals surface area (Å²) in [7, 11) is 0. The molecule has 1 atom stereocenters. The van der Waals surface area contributed by atoms with Crippen LogP contribution in [-0.4, -0.2) is 22.8 Å². The van der Waals surface area contributed by atoms with E-state index in [1.54, 1.807) is 0 Å². The number of aliphatic hydroxyl groups is 1. The molecule has 0 spiro atoms. The molecule has 1 N–H and O–H groups in total. The first-order valence-electron chi connectivity index (χ1n) is 4.74. The molecule has 0 bridgehead atoms. The van der Waals surface area contributed by atoms with Crippen molar-refractivity contribution in [2.45, 2.75) is 12.5 Å². The van der Waals surface area contributed by atoms with Crippen LogP contribution in [0.3, 0.4) is 0 Å². The van der Waals surface area contributed by atoms with Gasteiger partial charge in [0.2, 0.25) is 0 Å². The summed E-state index contributed by atoms with van der Waals surface area (Å²) < 4.78 is 20.2. The van der Waals surface area contributed by atoms with Gasteiger partial charge in [0, 0.05) is 18.1 Å². The molecule has 1 aliphatic heterocycles. The molecule has 0 saturated carbocycles. The molecule has 0 amide bonds. The predicted octanol–water partition coefficient (Wildman–Crippen LogP) is 2.38. The number of fused-ring (bicyclic) bond motifs is 3. The molecule has 2 aromatic rings. The van der Waals surface area contributed by atoms with Crippen molar-refractivity contribution in [3.05, 3.63) is 21.9 Å². The van der Waals surface area contributed by atoms with Crippen LogP contribution in [0.25, 0.3) is 10.2 Å². The van der Waals surface area contributed by atoms with Crippen LogP contribution >= 0.6 is 22.9 Å². The van der Waals surface area contributed by atoms with Gasteiger partial charge in [-0.3, -0.25) is 0 Å². The molecule has 2 heterocycles. The number of nitrogens with zero attached hydrogens (tertiary/aromatic N) is 1. The number of hydrogen-bond donors (Lipinski definition) is 1. The number of aliphatic hydroxyl groups excluding tert-OH is 1. The summed E-state index contributed by atoms with van der Waals surface area (Å²) in [5.74, 6) is -0.215. The van der Waals surface area contributed by atoms with Gasteiger partial charge in [-0.2, -0.15) is 0 Å². The fourth-order valence-corrected chi connectivity index (χ4v) is 3.05. The molecule has 1 unspecified atom stereocenters. The van der Waals surface area contributed by atoms with E-state index in [0.717, 1.165) is 10.3 Å². The maximum atomic E-state index is 13.7. The van der Waals surface area contributed by atoms with Gasteiger partial charge in [-0.25, -0.2) is 9.37 Å². The molecule has 0 radical (unpaired) electrons. The van der Waals surface area contributed by atoms with Crippen LogP contribution in [0.4, 0.5) is 4.39 Å². The Kier molecular flexibility index (Phi) is 2.27. The van der Waals surface area contributed by atoms with Crippen molar-refractivity contribution < 1.29 is 14.2 Å². The lowest BCUT2D eigenvalue weighted by atomic mass is 10.1. The van der Waals surface area contributed by atoms with Gasteiger partial charge >= 0.3 is 0 Å². The van der Waals surface area contributed by atoms with Crippen molar-refractivity contribution in [3.8, 4) is 5.75 Å². The van der Waals surface area contributed by atoms with Crippen molar-refractivity contribution in [3.63, 3.8) is 0 Å². The Morgan fingerprint density at radius 3 is 3.25 bits per heavy atom. The van der Waals surface area contributed by atoms with E-state index in [0.29, 0.717) is 16.4 Å². The SMILES string of the molecule is OCC1Cc2c(c(F)cc3nc(Cl)sc23)O1. The molecule has 3 nitrogen and oxygen atoms in total. The summed E-state index contributed by atoms with van der Waals surface area (Å²) in [6.45, 7) is -0.123. The lowest BCUT2D eigenvalue weighted by molar-refractivity contribution is 0.131. The first-order chi connectivity index (χ1) is 7.69. The number of benzene rings is 1. The number of rotatable bonds is 1. The van der Waals surface area contributed by atoms with E-state index in [2.05, 4.69) is 4.98 Å². The highest BCUT2D eigenvalue weighted by atomic mass is 35.5. The van der Waals surface area contributed by atoms with Gasteiger partial charge < -0.3 is 9.84 Å². The fraction of sp³-hybridized carbons (Fsp3) is 0.300. The van der Waals surface area contributed by atoms with Crippen LogP contribution in [0, 0.1) is 5.82 Å². The highest BCUT2D eigenvalue weighted by Gasteiger charge is 2.28. The molecular formula is C10H7ClFNO2S. The quantitative estimate of drug-likeness (QED) is 0.855. The van der Waals surface area contributed by atoms with Crippen molar-refractivity contribution in [2.75, 3.05) is 6.61 Å². The lowest BCUT2D eigenvalue weighted by Crippen LogP contribution is -2.17. The Morgan fingerprint density at radius 1 is 1.69 bits per heavy atom. The minimum absolute atomic E-state index is 0.123. The maximum Gasteiger partial charge on any atom is 0.184 e. The summed E-state index contributed by atoms with van der Waals surface area (Å²) >= 11 is 7.11. The second kappa shape index (κ2) is 3.55. The number of ether oxygens (including phenoxy) is 1. The van der Waals surface area contributed by atoms with Gasteiger partial charge in [0.25, 0.3) is 0 Å². The van der Waals surface area contributed by atoms with Gasteiger partial charge in [-0.1, -0.05) is 11.6 Å². The maximum absolute atomic E-state index is 13.7. The van der Waals surface area contributed by atoms with Gasteiger partial charge in [0.15, 0.2) is 16.0 Å². The van der Waals surface area contributed by atoms with E-state index >= 15 is 0 Å². The smallest absolute Gasteiger partial charge is 0.184 e. The zero-order valence-corrected chi connectivity index (χ0v) is 9.61. The van der Waals surface area contributed by atoms with Gasteiger partial charge in [0.1, 0.15) is 6.10 Å². The van der Waals surface area contributed by atoms with E-state index in [1.165, 1.54) is 17.4 Å². The lowest BCUT2D eigenvalue weighted by Gasteiger charge is -2.05. The molecule has 84 valence electrons. The third-order valence-corrected chi connectivity index (χ3v) is 3.81. The molecule has 1 aromatic carbocycles. The van der Waals surface area contributed by atoms with Crippen LogP contribution in [0.5, 0.6) is 5.75 Å². The third kappa shape index (κ3) is 1.39. The number of halogens is 2. The van der Waals surface area contributed by atoms with Crippen molar-refractivity contribution in [1.29, 1.82) is 0 Å². The highest BCUT2D eigenvalue weighted by Crippen LogP contribution is 2.40. The Labute approximate surface area is 99.4 Å². The molecule has 16 heavy (non-hydrogen) atoms. The Morgan fingerprint density at radius 2 is 2.50 bits per heavy atom. The van der Waals surface area contributed by atoms with Crippen LogP contribution in [0.2, 0.25) is 4.47 Å².